The summed E-state index contributed by atoms with van der Waals surface area (Å²) < 4.78 is 0.763. The summed E-state index contributed by atoms with van der Waals surface area (Å²) in [6.07, 6.45) is 3.42. The second kappa shape index (κ2) is 5.90. The fourth-order valence-electron chi connectivity index (χ4n) is 2.12. The fraction of sp³-hybridized carbons (Fsp3) is 0.125. The predicted molar refractivity (Wildman–Crippen MR) is 89.5 cm³/mol. The predicted octanol–water partition coefficient (Wildman–Crippen LogP) is 4.87. The first-order chi connectivity index (χ1) is 9.40. The van der Waals surface area contributed by atoms with E-state index in [0.29, 0.717) is 21.5 Å². The van der Waals surface area contributed by atoms with Crippen LogP contribution in [0.15, 0.2) is 46.3 Å². The highest BCUT2D eigenvalue weighted by atomic mass is 79.9. The highest BCUT2D eigenvalue weighted by Crippen LogP contribution is 2.21. The van der Waals surface area contributed by atoms with Crippen LogP contribution in [0, 0.1) is 6.92 Å². The van der Waals surface area contributed by atoms with Gasteiger partial charge in [-0.2, -0.15) is 0 Å². The number of pyridine rings is 1. The van der Waals surface area contributed by atoms with E-state index in [2.05, 4.69) is 27.5 Å². The van der Waals surface area contributed by atoms with Gasteiger partial charge in [-0.25, -0.2) is 0 Å². The Hall–Kier alpha value is -1.45. The summed E-state index contributed by atoms with van der Waals surface area (Å²) in [6.45, 7) is 7.54. The molecule has 0 fully saturated rings. The Labute approximate surface area is 130 Å². The van der Waals surface area contributed by atoms with Gasteiger partial charge in [0.15, 0.2) is 5.43 Å². The molecule has 0 aliphatic heterocycles. The molecule has 0 N–H and O–H groups in total. The first kappa shape index (κ1) is 14.9. The van der Waals surface area contributed by atoms with Crippen molar-refractivity contribution in [3.05, 3.63) is 67.9 Å². The molecular formula is C16H13BrClNO. The van der Waals surface area contributed by atoms with Crippen LogP contribution in [0.5, 0.6) is 0 Å². The zero-order chi connectivity index (χ0) is 14.9. The van der Waals surface area contributed by atoms with Crippen LogP contribution in [0.25, 0.3) is 16.5 Å². The Morgan fingerprint density at radius 1 is 1.45 bits per heavy atom. The maximum Gasteiger partial charge on any atom is 0.191 e. The molecule has 2 nitrogen and oxygen atoms in total. The third-order valence-electron chi connectivity index (χ3n) is 3.08. The summed E-state index contributed by atoms with van der Waals surface area (Å²) in [4.78, 5) is 16.7. The molecule has 0 radical (unpaired) electrons. The Morgan fingerprint density at radius 3 is 2.80 bits per heavy atom. The normalized spacial score (nSPS) is 11.7. The van der Waals surface area contributed by atoms with E-state index >= 15 is 0 Å². The number of rotatable bonds is 2. The largest absolute Gasteiger partial charge is 0.289 e. The molecule has 1 heterocycles. The van der Waals surface area contributed by atoms with Crippen molar-refractivity contribution >= 4 is 44.0 Å². The molecule has 0 aliphatic rings. The van der Waals surface area contributed by atoms with E-state index in [-0.39, 0.29) is 5.43 Å². The topological polar surface area (TPSA) is 30.0 Å². The van der Waals surface area contributed by atoms with Crippen molar-refractivity contribution in [3.63, 3.8) is 0 Å². The number of nitrogens with zero attached hydrogens (tertiary/aromatic N) is 1. The van der Waals surface area contributed by atoms with Gasteiger partial charge in [-0.3, -0.25) is 9.78 Å². The van der Waals surface area contributed by atoms with E-state index in [1.165, 1.54) is 0 Å². The first-order valence-electron chi connectivity index (χ1n) is 6.02. The summed E-state index contributed by atoms with van der Waals surface area (Å²) in [7, 11) is 0. The van der Waals surface area contributed by atoms with Gasteiger partial charge in [0.1, 0.15) is 0 Å². The van der Waals surface area contributed by atoms with Crippen LogP contribution in [-0.4, -0.2) is 4.98 Å². The Kier molecular flexibility index (Phi) is 4.41. The second-order valence-electron chi connectivity index (χ2n) is 4.56. The maximum atomic E-state index is 12.5. The van der Waals surface area contributed by atoms with Crippen molar-refractivity contribution in [1.82, 2.24) is 4.98 Å². The average Bonchev–Trinajstić information content (AvgIpc) is 2.48. The Bertz CT molecular complexity index is 796. The van der Waals surface area contributed by atoms with Gasteiger partial charge in [0.2, 0.25) is 0 Å². The van der Waals surface area contributed by atoms with E-state index in [0.717, 1.165) is 15.6 Å². The number of hydrogen-bond acceptors (Lipinski definition) is 2. The smallest absolute Gasteiger partial charge is 0.191 e. The Balaban J connectivity index is 2.85. The minimum absolute atomic E-state index is 0.0528. The quantitative estimate of drug-likeness (QED) is 0.723. The van der Waals surface area contributed by atoms with E-state index in [9.17, 15) is 4.79 Å². The molecule has 0 amide bonds. The molecule has 2 aromatic rings. The first-order valence-corrected chi connectivity index (χ1v) is 7.19. The van der Waals surface area contributed by atoms with Crippen LogP contribution in [0.4, 0.5) is 0 Å². The molecule has 2 rings (SSSR count). The summed E-state index contributed by atoms with van der Waals surface area (Å²) in [5.74, 6) is 0. The molecule has 102 valence electrons. The third-order valence-corrected chi connectivity index (χ3v) is 3.52. The minimum atomic E-state index is -0.0528. The van der Waals surface area contributed by atoms with E-state index in [4.69, 9.17) is 11.6 Å². The van der Waals surface area contributed by atoms with E-state index in [1.54, 1.807) is 12.3 Å². The molecule has 20 heavy (non-hydrogen) atoms. The van der Waals surface area contributed by atoms with Crippen molar-refractivity contribution in [2.45, 2.75) is 13.8 Å². The molecule has 1 aromatic heterocycles. The fourth-order valence-corrected chi connectivity index (χ4v) is 2.62. The van der Waals surface area contributed by atoms with Crippen molar-refractivity contribution in [3.8, 4) is 0 Å². The molecule has 0 aliphatic carbocycles. The lowest BCUT2D eigenvalue weighted by atomic mass is 10.0. The summed E-state index contributed by atoms with van der Waals surface area (Å²) in [6, 6.07) is 5.40. The molecule has 0 saturated heterocycles. The van der Waals surface area contributed by atoms with Crippen LogP contribution in [-0.2, 0) is 0 Å². The number of aromatic nitrogens is 1. The zero-order valence-corrected chi connectivity index (χ0v) is 13.5. The Morgan fingerprint density at radius 2 is 2.15 bits per heavy atom. The minimum Gasteiger partial charge on any atom is -0.289 e. The maximum absolute atomic E-state index is 12.5. The SMILES string of the molecule is C=C(Br)/C=C(/C)c1ccc2ncc(Cl)cc2c(=O)c1C. The highest BCUT2D eigenvalue weighted by molar-refractivity contribution is 9.11. The van der Waals surface area contributed by atoms with E-state index < -0.39 is 0 Å². The number of allylic oxidation sites excluding steroid dienone is 3. The monoisotopic (exact) mass is 349 g/mol. The lowest BCUT2D eigenvalue weighted by Gasteiger charge is -2.01. The highest BCUT2D eigenvalue weighted by Gasteiger charge is 2.07. The molecule has 0 atom stereocenters. The van der Waals surface area contributed by atoms with Gasteiger partial charge in [-0.05, 0) is 43.2 Å². The second-order valence-corrected chi connectivity index (χ2v) is 6.02. The van der Waals surface area contributed by atoms with Gasteiger partial charge in [0, 0.05) is 21.6 Å². The van der Waals surface area contributed by atoms with E-state index in [1.807, 2.05) is 32.1 Å². The number of hydrogen-bond donors (Lipinski definition) is 0. The summed E-state index contributed by atoms with van der Waals surface area (Å²) >= 11 is 9.23. The van der Waals surface area contributed by atoms with Crippen LogP contribution in [0.3, 0.4) is 0 Å². The van der Waals surface area contributed by atoms with Crippen LogP contribution < -0.4 is 5.43 Å². The molecule has 0 saturated carbocycles. The van der Waals surface area contributed by atoms with Crippen LogP contribution in [0.1, 0.15) is 18.1 Å². The van der Waals surface area contributed by atoms with Gasteiger partial charge in [0.05, 0.1) is 10.5 Å². The summed E-state index contributed by atoms with van der Waals surface area (Å²) in [5.41, 5.74) is 3.10. The van der Waals surface area contributed by atoms with Crippen LogP contribution >= 0.6 is 27.5 Å². The molecule has 1 aromatic carbocycles. The summed E-state index contributed by atoms with van der Waals surface area (Å²) in [5, 5.41) is 0.995. The molecule has 0 bridgehead atoms. The van der Waals surface area contributed by atoms with Gasteiger partial charge < -0.3 is 0 Å². The lowest BCUT2D eigenvalue weighted by Crippen LogP contribution is -2.04. The number of fused-ring (bicyclic) bond motifs is 1. The molecular weight excluding hydrogens is 338 g/mol. The molecule has 0 unspecified atom stereocenters. The number of halogens is 2. The van der Waals surface area contributed by atoms with Crippen molar-refractivity contribution in [2.75, 3.05) is 0 Å². The van der Waals surface area contributed by atoms with Gasteiger partial charge in [0.25, 0.3) is 0 Å². The molecule has 4 heteroatoms. The van der Waals surface area contributed by atoms with Crippen LogP contribution in [0.2, 0.25) is 5.02 Å². The van der Waals surface area contributed by atoms with Gasteiger partial charge in [-0.15, -0.1) is 0 Å². The van der Waals surface area contributed by atoms with Gasteiger partial charge >= 0.3 is 0 Å². The average molecular weight is 351 g/mol. The molecule has 0 spiro atoms. The third kappa shape index (κ3) is 3.00. The van der Waals surface area contributed by atoms with Crippen molar-refractivity contribution in [2.24, 2.45) is 0 Å². The zero-order valence-electron chi connectivity index (χ0n) is 11.2. The van der Waals surface area contributed by atoms with Gasteiger partial charge in [-0.1, -0.05) is 40.2 Å². The van der Waals surface area contributed by atoms with Crippen molar-refractivity contribution < 1.29 is 0 Å². The van der Waals surface area contributed by atoms with Crippen molar-refractivity contribution in [1.29, 1.82) is 0 Å². The standard InChI is InChI=1S/C16H13BrClNO/c1-9(6-10(2)17)13-4-5-15-14(16(20)11(13)3)7-12(18)8-19-15/h4-8H,2H2,1,3H3/b9-6-. The lowest BCUT2D eigenvalue weighted by molar-refractivity contribution is 1.39.